The summed E-state index contributed by atoms with van der Waals surface area (Å²) in [5.74, 6) is -1.09. The average molecular weight is 370 g/mol. The fourth-order valence-corrected chi connectivity index (χ4v) is 2.30. The average Bonchev–Trinajstić information content (AvgIpc) is 2.70. The maximum absolute atomic E-state index is 12.5. The van der Waals surface area contributed by atoms with Gasteiger partial charge in [-0.05, 0) is 18.1 Å². The van der Waals surface area contributed by atoms with Crippen molar-refractivity contribution in [3.63, 3.8) is 0 Å². The van der Waals surface area contributed by atoms with E-state index in [4.69, 9.17) is 9.47 Å². The van der Waals surface area contributed by atoms with Crippen molar-refractivity contribution in [3.05, 3.63) is 71.8 Å². The smallest absolute Gasteiger partial charge is 0.408 e. The maximum Gasteiger partial charge on any atom is 0.408 e. The third kappa shape index (κ3) is 6.81. The molecule has 0 fully saturated rings. The molecule has 0 aliphatic rings. The van der Waals surface area contributed by atoms with Gasteiger partial charge in [-0.2, -0.15) is 0 Å². The Bertz CT molecular complexity index is 749. The lowest BCUT2D eigenvalue weighted by Crippen LogP contribution is -2.42. The summed E-state index contributed by atoms with van der Waals surface area (Å²) in [6, 6.07) is 16.9. The van der Waals surface area contributed by atoms with Crippen LogP contribution in [0.4, 0.5) is 4.79 Å². The van der Waals surface area contributed by atoms with E-state index < -0.39 is 24.0 Å². The first-order chi connectivity index (χ1) is 13.1. The van der Waals surface area contributed by atoms with Crippen molar-refractivity contribution in [2.75, 3.05) is 13.2 Å². The highest BCUT2D eigenvalue weighted by Gasteiger charge is 2.24. The first-order valence-corrected chi connectivity index (χ1v) is 8.55. The molecule has 7 nitrogen and oxygen atoms in total. The van der Waals surface area contributed by atoms with Crippen LogP contribution in [-0.4, -0.2) is 31.1 Å². The van der Waals surface area contributed by atoms with Gasteiger partial charge in [0.2, 0.25) is 5.91 Å². The van der Waals surface area contributed by atoms with E-state index in [1.54, 1.807) is 37.3 Å². The largest absolute Gasteiger partial charge is 0.465 e. The first kappa shape index (κ1) is 20.0. The molecule has 2 aromatic rings. The Hall–Kier alpha value is -3.35. The molecule has 0 saturated heterocycles. The van der Waals surface area contributed by atoms with Crippen molar-refractivity contribution >= 4 is 18.0 Å². The van der Waals surface area contributed by atoms with Crippen molar-refractivity contribution in [1.29, 1.82) is 0 Å². The summed E-state index contributed by atoms with van der Waals surface area (Å²) >= 11 is 0. The van der Waals surface area contributed by atoms with Crippen LogP contribution in [0.2, 0.25) is 0 Å². The van der Waals surface area contributed by atoms with Crippen LogP contribution >= 0.6 is 0 Å². The van der Waals surface area contributed by atoms with Gasteiger partial charge in [-0.15, -0.1) is 0 Å². The number of alkyl carbamates (subject to hydrolysis) is 1. The van der Waals surface area contributed by atoms with E-state index in [2.05, 4.69) is 10.6 Å². The molecule has 0 aliphatic carbocycles. The number of nitrogens with one attached hydrogen (secondary N) is 2. The zero-order chi connectivity index (χ0) is 19.5. The Balaban J connectivity index is 1.98. The molecule has 0 unspecified atom stereocenters. The molecular weight excluding hydrogens is 348 g/mol. The molecule has 1 atom stereocenters. The molecule has 27 heavy (non-hydrogen) atoms. The minimum atomic E-state index is -0.996. The summed E-state index contributed by atoms with van der Waals surface area (Å²) in [5.41, 5.74) is 1.39. The number of benzene rings is 2. The van der Waals surface area contributed by atoms with Crippen LogP contribution in [0.15, 0.2) is 60.7 Å². The van der Waals surface area contributed by atoms with Crippen LogP contribution in [0.5, 0.6) is 0 Å². The molecule has 2 N–H and O–H groups in total. The molecule has 2 aromatic carbocycles. The molecule has 0 radical (unpaired) electrons. The Morgan fingerprint density at radius 3 is 2.19 bits per heavy atom. The van der Waals surface area contributed by atoms with Gasteiger partial charge < -0.3 is 20.1 Å². The van der Waals surface area contributed by atoms with Crippen LogP contribution in [0.25, 0.3) is 0 Å². The summed E-state index contributed by atoms with van der Waals surface area (Å²) in [7, 11) is 0. The number of carbonyl (C=O) groups excluding carboxylic acids is 3. The second-order valence-electron chi connectivity index (χ2n) is 5.57. The van der Waals surface area contributed by atoms with Crippen molar-refractivity contribution in [2.45, 2.75) is 19.6 Å². The van der Waals surface area contributed by atoms with Gasteiger partial charge in [0.05, 0.1) is 6.61 Å². The van der Waals surface area contributed by atoms with Gasteiger partial charge in [-0.1, -0.05) is 60.7 Å². The lowest BCUT2D eigenvalue weighted by molar-refractivity contribution is -0.143. The lowest BCUT2D eigenvalue weighted by Gasteiger charge is -2.18. The normalized spacial score (nSPS) is 11.1. The zero-order valence-electron chi connectivity index (χ0n) is 15.0. The minimum absolute atomic E-state index is 0.0820. The number of carbonyl (C=O) groups is 3. The van der Waals surface area contributed by atoms with Gasteiger partial charge in [-0.25, -0.2) is 4.79 Å². The van der Waals surface area contributed by atoms with Crippen LogP contribution in [0, 0.1) is 0 Å². The molecule has 0 bridgehead atoms. The quantitative estimate of drug-likeness (QED) is 0.696. The summed E-state index contributed by atoms with van der Waals surface area (Å²) < 4.78 is 9.95. The Kier molecular flexibility index (Phi) is 7.84. The van der Waals surface area contributed by atoms with Crippen LogP contribution in [0.1, 0.15) is 24.1 Å². The maximum atomic E-state index is 12.5. The summed E-state index contributed by atoms with van der Waals surface area (Å²) in [4.78, 5) is 36.1. The molecule has 2 rings (SSSR count). The molecule has 142 valence electrons. The Morgan fingerprint density at radius 1 is 0.926 bits per heavy atom. The third-order valence-electron chi connectivity index (χ3n) is 3.58. The monoisotopic (exact) mass is 370 g/mol. The number of ether oxygens (including phenoxy) is 2. The number of esters is 1. The van der Waals surface area contributed by atoms with Crippen LogP contribution in [-0.2, 0) is 25.7 Å². The lowest BCUT2D eigenvalue weighted by atomic mass is 10.1. The van der Waals surface area contributed by atoms with Gasteiger partial charge >= 0.3 is 12.1 Å². The first-order valence-electron chi connectivity index (χ1n) is 8.55. The molecule has 2 amide bonds. The second kappa shape index (κ2) is 10.6. The molecule has 0 saturated carbocycles. The summed E-state index contributed by atoms with van der Waals surface area (Å²) in [6.07, 6.45) is -0.737. The van der Waals surface area contributed by atoms with Gasteiger partial charge in [0, 0.05) is 0 Å². The van der Waals surface area contributed by atoms with Gasteiger partial charge in [0.1, 0.15) is 19.2 Å². The van der Waals surface area contributed by atoms with Crippen molar-refractivity contribution in [1.82, 2.24) is 10.6 Å². The van der Waals surface area contributed by atoms with E-state index in [1.807, 2.05) is 30.3 Å². The number of amides is 2. The van der Waals surface area contributed by atoms with Crippen LogP contribution in [0.3, 0.4) is 0 Å². The van der Waals surface area contributed by atoms with E-state index in [-0.39, 0.29) is 19.8 Å². The van der Waals surface area contributed by atoms with Crippen molar-refractivity contribution in [2.24, 2.45) is 0 Å². The van der Waals surface area contributed by atoms with E-state index in [1.165, 1.54) is 0 Å². The van der Waals surface area contributed by atoms with Crippen molar-refractivity contribution < 1.29 is 23.9 Å². The second-order valence-corrected chi connectivity index (χ2v) is 5.57. The summed E-state index contributed by atoms with van der Waals surface area (Å²) in [6.45, 7) is 1.70. The number of rotatable bonds is 8. The number of hydrogen-bond donors (Lipinski definition) is 2. The number of hydrogen-bond acceptors (Lipinski definition) is 5. The summed E-state index contributed by atoms with van der Waals surface area (Å²) in [5, 5.41) is 4.99. The Labute approximate surface area is 157 Å². The molecule has 0 aromatic heterocycles. The topological polar surface area (TPSA) is 93.7 Å². The highest BCUT2D eigenvalue weighted by atomic mass is 16.5. The van der Waals surface area contributed by atoms with Crippen molar-refractivity contribution in [3.8, 4) is 0 Å². The predicted octanol–water partition coefficient (Wildman–Crippen LogP) is 2.33. The third-order valence-corrected chi connectivity index (χ3v) is 3.58. The van der Waals surface area contributed by atoms with Crippen LogP contribution < -0.4 is 10.6 Å². The Morgan fingerprint density at radius 2 is 1.56 bits per heavy atom. The van der Waals surface area contributed by atoms with Gasteiger partial charge in [0.25, 0.3) is 0 Å². The van der Waals surface area contributed by atoms with E-state index in [0.29, 0.717) is 5.56 Å². The molecule has 7 heteroatoms. The van der Waals surface area contributed by atoms with Gasteiger partial charge in [0.15, 0.2) is 0 Å². The van der Waals surface area contributed by atoms with E-state index in [9.17, 15) is 14.4 Å². The molecular formula is C20H22N2O5. The fraction of sp³-hybridized carbons (Fsp3) is 0.250. The molecule has 0 spiro atoms. The van der Waals surface area contributed by atoms with Gasteiger partial charge in [-0.3, -0.25) is 9.59 Å². The zero-order valence-corrected chi connectivity index (χ0v) is 15.0. The van der Waals surface area contributed by atoms with E-state index >= 15 is 0 Å². The molecule has 0 aliphatic heterocycles. The highest BCUT2D eigenvalue weighted by molar-refractivity contribution is 5.89. The SMILES string of the molecule is CCOC(=O)CNC(=O)[C@@H](NC(=O)OCc1ccccc1)c1ccccc1. The van der Waals surface area contributed by atoms with E-state index in [0.717, 1.165) is 5.56 Å². The standard InChI is InChI=1S/C20H22N2O5/c1-2-26-17(23)13-21-19(24)18(16-11-7-4-8-12-16)22-20(25)27-14-15-9-5-3-6-10-15/h3-12,18H,2,13-14H2,1H3,(H,21,24)(H,22,25)/t18-/m0/s1. The highest BCUT2D eigenvalue weighted by Crippen LogP contribution is 2.13. The predicted molar refractivity (Wildman–Crippen MR) is 98.6 cm³/mol. The fourth-order valence-electron chi connectivity index (χ4n) is 2.30. The minimum Gasteiger partial charge on any atom is -0.465 e. The molecule has 0 heterocycles.